The van der Waals surface area contributed by atoms with E-state index in [9.17, 15) is 24.5 Å². The predicted molar refractivity (Wildman–Crippen MR) is 86.1 cm³/mol. The zero-order valence-electron chi connectivity index (χ0n) is 12.6. The van der Waals surface area contributed by atoms with Crippen molar-refractivity contribution in [1.29, 1.82) is 0 Å². The highest BCUT2D eigenvalue weighted by Gasteiger charge is 2.25. The number of ether oxygens (including phenoxy) is 1. The van der Waals surface area contributed by atoms with Crippen LogP contribution in [0.4, 0.5) is 11.4 Å². The van der Waals surface area contributed by atoms with Crippen LogP contribution in [-0.2, 0) is 9.59 Å². The van der Waals surface area contributed by atoms with Crippen LogP contribution in [0.15, 0.2) is 60.7 Å². The number of rotatable bonds is 4. The van der Waals surface area contributed by atoms with E-state index in [1.807, 2.05) is 0 Å². The van der Waals surface area contributed by atoms with Crippen molar-refractivity contribution in [2.75, 3.05) is 4.90 Å². The fourth-order valence-electron chi connectivity index (χ4n) is 2.23. The van der Waals surface area contributed by atoms with Gasteiger partial charge in [0.2, 0.25) is 0 Å². The number of non-ortho nitro benzene ring substituents is 1. The van der Waals surface area contributed by atoms with Crippen molar-refractivity contribution in [2.45, 2.75) is 0 Å². The van der Waals surface area contributed by atoms with Gasteiger partial charge in [-0.3, -0.25) is 19.7 Å². The first-order valence-corrected chi connectivity index (χ1v) is 7.08. The Labute approximate surface area is 141 Å². The standard InChI is InChI=1S/C17H10N2O6/c20-15-8-9-16(21)18(15)13-3-1-2-11(10-13)17(22)25-14-6-4-12(5-7-14)19(23)24/h1-10H. The van der Waals surface area contributed by atoms with Crippen LogP contribution in [0.5, 0.6) is 5.75 Å². The normalized spacial score (nSPS) is 13.2. The minimum atomic E-state index is -0.720. The molecular formula is C17H10N2O6. The molecule has 0 N–H and O–H groups in total. The highest BCUT2D eigenvalue weighted by atomic mass is 16.6. The molecule has 0 saturated carbocycles. The molecule has 0 atom stereocenters. The molecule has 0 bridgehead atoms. The van der Waals surface area contributed by atoms with Crippen LogP contribution in [-0.4, -0.2) is 22.7 Å². The molecule has 0 unspecified atom stereocenters. The summed E-state index contributed by atoms with van der Waals surface area (Å²) in [6, 6.07) is 10.9. The number of benzene rings is 2. The molecule has 0 aliphatic carbocycles. The zero-order valence-corrected chi connectivity index (χ0v) is 12.6. The summed E-state index contributed by atoms with van der Waals surface area (Å²) in [4.78, 5) is 46.6. The molecule has 2 aromatic carbocycles. The second kappa shape index (κ2) is 6.36. The number of nitro groups is 1. The van der Waals surface area contributed by atoms with E-state index < -0.39 is 22.7 Å². The third kappa shape index (κ3) is 3.27. The topological polar surface area (TPSA) is 107 Å². The van der Waals surface area contributed by atoms with Gasteiger partial charge in [-0.1, -0.05) is 6.07 Å². The molecule has 0 aromatic heterocycles. The third-order valence-electron chi connectivity index (χ3n) is 3.41. The van der Waals surface area contributed by atoms with Crippen LogP contribution in [0, 0.1) is 10.1 Å². The number of nitro benzene ring substituents is 1. The van der Waals surface area contributed by atoms with Gasteiger partial charge in [0.1, 0.15) is 5.75 Å². The van der Waals surface area contributed by atoms with Gasteiger partial charge in [-0.15, -0.1) is 0 Å². The molecule has 1 aliphatic heterocycles. The summed E-state index contributed by atoms with van der Waals surface area (Å²) >= 11 is 0. The van der Waals surface area contributed by atoms with E-state index in [1.165, 1.54) is 48.5 Å². The summed E-state index contributed by atoms with van der Waals surface area (Å²) < 4.78 is 5.14. The second-order valence-corrected chi connectivity index (χ2v) is 5.04. The maximum atomic E-state index is 12.2. The smallest absolute Gasteiger partial charge is 0.343 e. The molecule has 0 spiro atoms. The van der Waals surface area contributed by atoms with Gasteiger partial charge in [-0.05, 0) is 30.3 Å². The van der Waals surface area contributed by atoms with Crippen LogP contribution in [0.25, 0.3) is 0 Å². The van der Waals surface area contributed by atoms with E-state index in [1.54, 1.807) is 0 Å². The molecule has 0 radical (unpaired) electrons. The summed E-state index contributed by atoms with van der Waals surface area (Å²) in [6.07, 6.45) is 2.29. The van der Waals surface area contributed by atoms with Crippen LogP contribution in [0.2, 0.25) is 0 Å². The highest BCUT2D eigenvalue weighted by molar-refractivity contribution is 6.28. The Morgan fingerprint density at radius 2 is 1.64 bits per heavy atom. The van der Waals surface area contributed by atoms with Gasteiger partial charge in [0, 0.05) is 24.3 Å². The average Bonchev–Trinajstić information content (AvgIpc) is 2.94. The number of anilines is 1. The van der Waals surface area contributed by atoms with Crippen molar-refractivity contribution < 1.29 is 24.0 Å². The lowest BCUT2D eigenvalue weighted by Crippen LogP contribution is -2.29. The third-order valence-corrected chi connectivity index (χ3v) is 3.41. The van der Waals surface area contributed by atoms with Gasteiger partial charge in [-0.25, -0.2) is 9.69 Å². The fourth-order valence-corrected chi connectivity index (χ4v) is 2.23. The lowest BCUT2D eigenvalue weighted by molar-refractivity contribution is -0.384. The van der Waals surface area contributed by atoms with Crippen molar-refractivity contribution in [2.24, 2.45) is 0 Å². The van der Waals surface area contributed by atoms with Crippen LogP contribution in [0.3, 0.4) is 0 Å². The number of nitrogens with zero attached hydrogens (tertiary/aromatic N) is 2. The van der Waals surface area contributed by atoms with E-state index in [4.69, 9.17) is 4.74 Å². The Morgan fingerprint density at radius 1 is 1.00 bits per heavy atom. The van der Waals surface area contributed by atoms with Crippen molar-refractivity contribution >= 4 is 29.2 Å². The summed E-state index contributed by atoms with van der Waals surface area (Å²) in [7, 11) is 0. The first-order valence-electron chi connectivity index (χ1n) is 7.08. The number of hydrogen-bond acceptors (Lipinski definition) is 6. The predicted octanol–water partition coefficient (Wildman–Crippen LogP) is 2.24. The Balaban J connectivity index is 1.79. The second-order valence-electron chi connectivity index (χ2n) is 5.04. The molecule has 25 heavy (non-hydrogen) atoms. The van der Waals surface area contributed by atoms with Gasteiger partial charge in [-0.2, -0.15) is 0 Å². The Bertz CT molecular complexity index is 899. The molecule has 1 aliphatic rings. The maximum absolute atomic E-state index is 12.2. The number of carbonyl (C=O) groups is 3. The lowest BCUT2D eigenvalue weighted by Gasteiger charge is -2.14. The van der Waals surface area contributed by atoms with Crippen molar-refractivity contribution in [3.8, 4) is 5.75 Å². The lowest BCUT2D eigenvalue weighted by atomic mass is 10.2. The SMILES string of the molecule is O=C(Oc1ccc([N+](=O)[O-])cc1)c1cccc(N2C(=O)C=CC2=O)c1. The summed E-state index contributed by atoms with van der Waals surface area (Å²) in [5.41, 5.74) is 0.252. The van der Waals surface area contributed by atoms with E-state index in [-0.39, 0.29) is 22.7 Å². The highest BCUT2D eigenvalue weighted by Crippen LogP contribution is 2.22. The minimum Gasteiger partial charge on any atom is -0.423 e. The molecule has 8 heteroatoms. The molecular weight excluding hydrogens is 328 g/mol. The van der Waals surface area contributed by atoms with Crippen LogP contribution < -0.4 is 9.64 Å². The quantitative estimate of drug-likeness (QED) is 0.278. The van der Waals surface area contributed by atoms with Crippen molar-refractivity contribution in [3.63, 3.8) is 0 Å². The number of carbonyl (C=O) groups excluding carboxylic acids is 3. The molecule has 3 rings (SSSR count). The van der Waals surface area contributed by atoms with Gasteiger partial charge >= 0.3 is 5.97 Å². The number of esters is 1. The average molecular weight is 338 g/mol. The minimum absolute atomic E-state index is 0.125. The molecule has 8 nitrogen and oxygen atoms in total. The van der Waals surface area contributed by atoms with Gasteiger partial charge < -0.3 is 4.74 Å². The van der Waals surface area contributed by atoms with E-state index >= 15 is 0 Å². The molecule has 124 valence electrons. The molecule has 0 fully saturated rings. The van der Waals surface area contributed by atoms with Gasteiger partial charge in [0.15, 0.2) is 0 Å². The molecule has 2 aromatic rings. The van der Waals surface area contributed by atoms with Gasteiger partial charge in [0.05, 0.1) is 16.2 Å². The first kappa shape index (κ1) is 16.1. The zero-order chi connectivity index (χ0) is 18.0. The Kier molecular flexibility index (Phi) is 4.09. The number of hydrogen-bond donors (Lipinski definition) is 0. The van der Waals surface area contributed by atoms with Crippen LogP contribution in [0.1, 0.15) is 10.4 Å². The Hall–Kier alpha value is -3.81. The van der Waals surface area contributed by atoms with E-state index in [2.05, 4.69) is 0 Å². The fraction of sp³-hybridized carbons (Fsp3) is 0. The van der Waals surface area contributed by atoms with E-state index in [0.29, 0.717) is 0 Å². The summed E-state index contributed by atoms with van der Waals surface area (Å²) in [5.74, 6) is -1.57. The van der Waals surface area contributed by atoms with Crippen molar-refractivity contribution in [3.05, 3.63) is 76.4 Å². The largest absolute Gasteiger partial charge is 0.423 e. The summed E-state index contributed by atoms with van der Waals surface area (Å²) in [6.45, 7) is 0. The van der Waals surface area contributed by atoms with Crippen molar-refractivity contribution in [1.82, 2.24) is 0 Å². The maximum Gasteiger partial charge on any atom is 0.343 e. The van der Waals surface area contributed by atoms with Gasteiger partial charge in [0.25, 0.3) is 17.5 Å². The monoisotopic (exact) mass is 338 g/mol. The molecule has 0 saturated heterocycles. The van der Waals surface area contributed by atoms with Crippen LogP contribution >= 0.6 is 0 Å². The Morgan fingerprint density at radius 3 is 2.24 bits per heavy atom. The number of amides is 2. The summed E-state index contributed by atoms with van der Waals surface area (Å²) in [5, 5.41) is 10.6. The first-order chi connectivity index (χ1) is 12.0. The van der Waals surface area contributed by atoms with E-state index in [0.717, 1.165) is 17.1 Å². The number of imide groups is 1. The molecule has 1 heterocycles. The molecule has 2 amide bonds.